The van der Waals surface area contributed by atoms with E-state index in [9.17, 15) is 18.0 Å². The molecule has 1 atom stereocenters. The van der Waals surface area contributed by atoms with Gasteiger partial charge >= 0.3 is 6.18 Å². The van der Waals surface area contributed by atoms with E-state index in [-0.39, 0.29) is 24.0 Å². The van der Waals surface area contributed by atoms with Crippen molar-refractivity contribution in [3.63, 3.8) is 0 Å². The molecule has 0 spiro atoms. The van der Waals surface area contributed by atoms with Crippen molar-refractivity contribution in [2.24, 2.45) is 5.73 Å². The van der Waals surface area contributed by atoms with Crippen LogP contribution in [0.1, 0.15) is 42.2 Å². The lowest BCUT2D eigenvalue weighted by Gasteiger charge is -2.15. The minimum Gasteiger partial charge on any atom is -0.347 e. The number of carbonyl (C=O) groups is 1. The molecule has 2 aromatic rings. The fourth-order valence-corrected chi connectivity index (χ4v) is 2.36. The molecule has 1 amide bonds. The van der Waals surface area contributed by atoms with E-state index >= 15 is 0 Å². The van der Waals surface area contributed by atoms with Gasteiger partial charge in [-0.1, -0.05) is 37.1 Å². The van der Waals surface area contributed by atoms with Crippen LogP contribution in [-0.2, 0) is 6.18 Å². The van der Waals surface area contributed by atoms with Crippen LogP contribution in [0.4, 0.5) is 13.2 Å². The number of hydrogen-bond donors (Lipinski definition) is 2. The average Bonchev–Trinajstić information content (AvgIpc) is 3.07. The zero-order valence-corrected chi connectivity index (χ0v) is 13.8. The molecule has 0 saturated carbocycles. The van der Waals surface area contributed by atoms with Crippen LogP contribution >= 0.6 is 0 Å². The van der Waals surface area contributed by atoms with E-state index in [1.807, 2.05) is 6.92 Å². The second-order valence-corrected chi connectivity index (χ2v) is 5.61. The molecule has 1 unspecified atom stereocenters. The monoisotopic (exact) mass is 355 g/mol. The number of unbranched alkanes of at least 4 members (excludes halogenated alkanes) is 1. The van der Waals surface area contributed by atoms with Crippen LogP contribution in [0, 0.1) is 0 Å². The molecule has 3 N–H and O–H groups in total. The summed E-state index contributed by atoms with van der Waals surface area (Å²) in [5, 5.41) is 10.1. The van der Waals surface area contributed by atoms with E-state index < -0.39 is 17.6 Å². The topological polar surface area (TPSA) is 85.8 Å². The Balaban J connectivity index is 2.19. The smallest absolute Gasteiger partial charge is 0.347 e. The maximum atomic E-state index is 13.1. The van der Waals surface area contributed by atoms with Gasteiger partial charge in [0, 0.05) is 12.6 Å². The van der Waals surface area contributed by atoms with Crippen molar-refractivity contribution in [2.75, 3.05) is 6.54 Å². The predicted octanol–water partition coefficient (Wildman–Crippen LogP) is 2.53. The van der Waals surface area contributed by atoms with Crippen molar-refractivity contribution < 1.29 is 18.0 Å². The summed E-state index contributed by atoms with van der Waals surface area (Å²) in [6.45, 7) is 2.30. The van der Waals surface area contributed by atoms with Crippen molar-refractivity contribution in [1.82, 2.24) is 20.3 Å². The first-order valence-corrected chi connectivity index (χ1v) is 7.96. The van der Waals surface area contributed by atoms with Crippen LogP contribution in [0.2, 0.25) is 0 Å². The minimum absolute atomic E-state index is 0.0630. The second kappa shape index (κ2) is 8.11. The molecular weight excluding hydrogens is 335 g/mol. The number of carbonyl (C=O) groups excluding carboxylic acids is 1. The molecular formula is C16H20F3N5O. The van der Waals surface area contributed by atoms with Crippen LogP contribution in [0.5, 0.6) is 0 Å². The van der Waals surface area contributed by atoms with Crippen molar-refractivity contribution in [2.45, 2.75) is 38.4 Å². The van der Waals surface area contributed by atoms with Gasteiger partial charge < -0.3 is 11.1 Å². The lowest BCUT2D eigenvalue weighted by molar-refractivity contribution is -0.137. The van der Waals surface area contributed by atoms with E-state index in [1.54, 1.807) is 0 Å². The maximum absolute atomic E-state index is 13.1. The fourth-order valence-electron chi connectivity index (χ4n) is 2.36. The van der Waals surface area contributed by atoms with E-state index in [0.29, 0.717) is 0 Å². The van der Waals surface area contributed by atoms with E-state index in [1.165, 1.54) is 24.4 Å². The molecule has 25 heavy (non-hydrogen) atoms. The summed E-state index contributed by atoms with van der Waals surface area (Å²) < 4.78 is 40.2. The van der Waals surface area contributed by atoms with Crippen LogP contribution in [0.25, 0.3) is 5.69 Å². The van der Waals surface area contributed by atoms with E-state index in [2.05, 4.69) is 15.6 Å². The average molecular weight is 355 g/mol. The Kier molecular flexibility index (Phi) is 6.13. The zero-order chi connectivity index (χ0) is 18.4. The summed E-state index contributed by atoms with van der Waals surface area (Å²) in [7, 11) is 0. The quantitative estimate of drug-likeness (QED) is 0.799. The van der Waals surface area contributed by atoms with Crippen LogP contribution in [0.15, 0.2) is 30.5 Å². The Morgan fingerprint density at radius 1 is 1.36 bits per heavy atom. The Morgan fingerprint density at radius 2 is 2.08 bits per heavy atom. The molecule has 0 aliphatic rings. The molecule has 1 aromatic carbocycles. The van der Waals surface area contributed by atoms with Gasteiger partial charge in [0.05, 0.1) is 17.4 Å². The van der Waals surface area contributed by atoms with E-state index in [0.717, 1.165) is 30.0 Å². The standard InChI is InChI=1S/C16H20F3N5O/c1-2-3-6-11(9-20)21-15(25)13-10-24(23-22-13)14-8-5-4-7-12(14)16(17,18)19/h4-5,7-8,10-11H,2-3,6,9,20H2,1H3,(H,21,25). The van der Waals surface area contributed by atoms with Gasteiger partial charge in [0.25, 0.3) is 5.91 Å². The molecule has 2 rings (SSSR count). The first-order chi connectivity index (χ1) is 11.9. The second-order valence-electron chi connectivity index (χ2n) is 5.61. The van der Waals surface area contributed by atoms with Crippen molar-refractivity contribution in [3.8, 4) is 5.69 Å². The Hall–Kier alpha value is -2.42. The highest BCUT2D eigenvalue weighted by atomic mass is 19.4. The van der Waals surface area contributed by atoms with Gasteiger partial charge in [-0.05, 0) is 18.6 Å². The van der Waals surface area contributed by atoms with Gasteiger partial charge in [-0.2, -0.15) is 13.2 Å². The van der Waals surface area contributed by atoms with Crippen LogP contribution in [-0.4, -0.2) is 33.5 Å². The molecule has 6 nitrogen and oxygen atoms in total. The highest BCUT2D eigenvalue weighted by Crippen LogP contribution is 2.33. The van der Waals surface area contributed by atoms with Crippen molar-refractivity contribution >= 4 is 5.91 Å². The molecule has 0 saturated heterocycles. The number of hydrogen-bond acceptors (Lipinski definition) is 4. The third-order valence-electron chi connectivity index (χ3n) is 3.71. The van der Waals surface area contributed by atoms with Gasteiger partial charge in [0.2, 0.25) is 0 Å². The fraction of sp³-hybridized carbons (Fsp3) is 0.438. The minimum atomic E-state index is -4.53. The van der Waals surface area contributed by atoms with Crippen molar-refractivity contribution in [1.29, 1.82) is 0 Å². The van der Waals surface area contributed by atoms with Gasteiger partial charge in [-0.15, -0.1) is 5.10 Å². The molecule has 1 aromatic heterocycles. The molecule has 0 aliphatic heterocycles. The van der Waals surface area contributed by atoms with Gasteiger partial charge in [0.1, 0.15) is 0 Å². The maximum Gasteiger partial charge on any atom is 0.418 e. The summed E-state index contributed by atoms with van der Waals surface area (Å²) in [4.78, 5) is 12.2. The SMILES string of the molecule is CCCCC(CN)NC(=O)c1cn(-c2ccccc2C(F)(F)F)nn1. The van der Waals surface area contributed by atoms with Crippen LogP contribution in [0.3, 0.4) is 0 Å². The number of nitrogens with one attached hydrogen (secondary N) is 1. The third kappa shape index (κ3) is 4.79. The first kappa shape index (κ1) is 18.9. The Labute approximate surface area is 143 Å². The lowest BCUT2D eigenvalue weighted by atomic mass is 10.1. The van der Waals surface area contributed by atoms with Gasteiger partial charge in [0.15, 0.2) is 5.69 Å². The predicted molar refractivity (Wildman–Crippen MR) is 86.2 cm³/mol. The number of para-hydroxylation sites is 1. The summed E-state index contributed by atoms with van der Waals surface area (Å²) in [6, 6.07) is 4.76. The highest BCUT2D eigenvalue weighted by molar-refractivity contribution is 5.92. The molecule has 0 aliphatic carbocycles. The summed E-state index contributed by atoms with van der Waals surface area (Å²) in [5.74, 6) is -0.512. The number of rotatable bonds is 7. The van der Waals surface area contributed by atoms with E-state index in [4.69, 9.17) is 5.73 Å². The zero-order valence-electron chi connectivity index (χ0n) is 13.8. The molecule has 9 heteroatoms. The molecule has 0 bridgehead atoms. The molecule has 0 radical (unpaired) electrons. The number of benzene rings is 1. The summed E-state index contributed by atoms with van der Waals surface area (Å²) >= 11 is 0. The van der Waals surface area contributed by atoms with Crippen molar-refractivity contribution in [3.05, 3.63) is 41.7 Å². The Bertz CT molecular complexity index is 714. The van der Waals surface area contributed by atoms with Gasteiger partial charge in [-0.3, -0.25) is 4.79 Å². The summed E-state index contributed by atoms with van der Waals surface area (Å²) in [5.41, 5.74) is 4.52. The van der Waals surface area contributed by atoms with Crippen LogP contribution < -0.4 is 11.1 Å². The Morgan fingerprint density at radius 3 is 2.72 bits per heavy atom. The van der Waals surface area contributed by atoms with Gasteiger partial charge in [-0.25, -0.2) is 4.68 Å². The highest BCUT2D eigenvalue weighted by Gasteiger charge is 2.34. The number of halogens is 3. The molecule has 1 heterocycles. The molecule has 0 fully saturated rings. The molecule has 136 valence electrons. The number of nitrogens with two attached hydrogens (primary N) is 1. The number of alkyl halides is 3. The number of aromatic nitrogens is 3. The number of amides is 1. The normalized spacial score (nSPS) is 12.8. The number of nitrogens with zero attached hydrogens (tertiary/aromatic N) is 3. The lowest BCUT2D eigenvalue weighted by Crippen LogP contribution is -2.40. The first-order valence-electron chi connectivity index (χ1n) is 7.96. The third-order valence-corrected chi connectivity index (χ3v) is 3.71. The largest absolute Gasteiger partial charge is 0.418 e. The summed E-state index contributed by atoms with van der Waals surface area (Å²) in [6.07, 6.45) is -0.753.